The summed E-state index contributed by atoms with van der Waals surface area (Å²) in [5.74, 6) is 0.790. The predicted octanol–water partition coefficient (Wildman–Crippen LogP) is 3.32. The molecular weight excluding hydrogens is 260 g/mol. The number of nitrogens with zero attached hydrogens (tertiary/aromatic N) is 1. The van der Waals surface area contributed by atoms with Crippen LogP contribution in [0.5, 0.6) is 5.75 Å². The van der Waals surface area contributed by atoms with Gasteiger partial charge in [0.15, 0.2) is 5.54 Å². The van der Waals surface area contributed by atoms with Crippen LogP contribution in [0.1, 0.15) is 16.7 Å². The highest BCUT2D eigenvalue weighted by molar-refractivity contribution is 5.35. The maximum absolute atomic E-state index is 9.62. The van der Waals surface area contributed by atoms with Gasteiger partial charge in [0.05, 0.1) is 6.07 Å². The summed E-state index contributed by atoms with van der Waals surface area (Å²) in [4.78, 5) is 0. The van der Waals surface area contributed by atoms with Crippen molar-refractivity contribution < 1.29 is 4.74 Å². The minimum atomic E-state index is -0.848. The molecule has 2 rings (SSSR count). The molecule has 0 saturated heterocycles. The third-order valence-electron chi connectivity index (χ3n) is 3.53. The van der Waals surface area contributed by atoms with E-state index in [0.717, 1.165) is 22.4 Å². The molecule has 0 heterocycles. The zero-order valence-corrected chi connectivity index (χ0v) is 12.7. The molecule has 0 amide bonds. The summed E-state index contributed by atoms with van der Waals surface area (Å²) < 4.78 is 5.88. The number of hydrogen-bond acceptors (Lipinski definition) is 3. The number of ether oxygens (including phenoxy) is 1. The van der Waals surface area contributed by atoms with Gasteiger partial charge >= 0.3 is 0 Å². The standard InChI is InChI=1S/C18H20N2O/c1-14-9-15(2)11-17(10-14)21-13-18(12-19,20-3)16-7-5-4-6-8-16/h4-11,20H,13H2,1-3H3. The summed E-state index contributed by atoms with van der Waals surface area (Å²) >= 11 is 0. The van der Waals surface area contributed by atoms with Gasteiger partial charge in [-0.3, -0.25) is 5.32 Å². The summed E-state index contributed by atoms with van der Waals surface area (Å²) in [6, 6.07) is 18.1. The Morgan fingerprint density at radius 3 is 2.24 bits per heavy atom. The third kappa shape index (κ3) is 3.42. The van der Waals surface area contributed by atoms with Gasteiger partial charge in [0, 0.05) is 0 Å². The van der Waals surface area contributed by atoms with E-state index in [2.05, 4.69) is 17.5 Å². The first kappa shape index (κ1) is 15.1. The topological polar surface area (TPSA) is 45.0 Å². The number of nitriles is 1. The Morgan fingerprint density at radius 2 is 1.71 bits per heavy atom. The summed E-state index contributed by atoms with van der Waals surface area (Å²) in [6.07, 6.45) is 0. The van der Waals surface area contributed by atoms with Gasteiger partial charge in [-0.2, -0.15) is 5.26 Å². The van der Waals surface area contributed by atoms with E-state index in [1.807, 2.05) is 56.3 Å². The van der Waals surface area contributed by atoms with E-state index in [4.69, 9.17) is 4.74 Å². The van der Waals surface area contributed by atoms with Gasteiger partial charge in [0.2, 0.25) is 0 Å². The molecule has 0 spiro atoms. The van der Waals surface area contributed by atoms with Gasteiger partial charge in [0.25, 0.3) is 0 Å². The number of likely N-dealkylation sites (N-methyl/N-ethyl adjacent to an activating group) is 1. The molecule has 0 aliphatic rings. The molecule has 0 bridgehead atoms. The van der Waals surface area contributed by atoms with E-state index in [-0.39, 0.29) is 6.61 Å². The second kappa shape index (κ2) is 6.43. The van der Waals surface area contributed by atoms with E-state index in [9.17, 15) is 5.26 Å². The average Bonchev–Trinajstić information content (AvgIpc) is 2.49. The summed E-state index contributed by atoms with van der Waals surface area (Å²) in [5, 5.41) is 12.7. The van der Waals surface area contributed by atoms with Crippen LogP contribution in [-0.4, -0.2) is 13.7 Å². The third-order valence-corrected chi connectivity index (χ3v) is 3.53. The van der Waals surface area contributed by atoms with Crippen molar-refractivity contribution >= 4 is 0 Å². The smallest absolute Gasteiger partial charge is 0.166 e. The molecular formula is C18H20N2O. The highest BCUT2D eigenvalue weighted by Crippen LogP contribution is 2.23. The molecule has 0 saturated carbocycles. The molecule has 0 radical (unpaired) electrons. The maximum Gasteiger partial charge on any atom is 0.166 e. The van der Waals surface area contributed by atoms with Crippen molar-refractivity contribution in [2.45, 2.75) is 19.4 Å². The second-order valence-electron chi connectivity index (χ2n) is 5.25. The van der Waals surface area contributed by atoms with Crippen LogP contribution in [0.15, 0.2) is 48.5 Å². The molecule has 3 heteroatoms. The molecule has 0 aromatic heterocycles. The molecule has 0 aliphatic carbocycles. The quantitative estimate of drug-likeness (QED) is 0.913. The monoisotopic (exact) mass is 280 g/mol. The van der Waals surface area contributed by atoms with E-state index in [1.54, 1.807) is 7.05 Å². The predicted molar refractivity (Wildman–Crippen MR) is 84.2 cm³/mol. The zero-order chi connectivity index (χ0) is 15.3. The Balaban J connectivity index is 2.23. The highest BCUT2D eigenvalue weighted by atomic mass is 16.5. The summed E-state index contributed by atoms with van der Waals surface area (Å²) in [7, 11) is 1.78. The van der Waals surface area contributed by atoms with Crippen molar-refractivity contribution in [2.75, 3.05) is 13.7 Å². The molecule has 2 aromatic rings. The lowest BCUT2D eigenvalue weighted by molar-refractivity contribution is 0.231. The lowest BCUT2D eigenvalue weighted by Crippen LogP contribution is -2.44. The number of aryl methyl sites for hydroxylation is 2. The van der Waals surface area contributed by atoms with E-state index < -0.39 is 5.54 Å². The lowest BCUT2D eigenvalue weighted by Gasteiger charge is -2.26. The molecule has 108 valence electrons. The Labute approximate surface area is 126 Å². The minimum Gasteiger partial charge on any atom is -0.490 e. The zero-order valence-electron chi connectivity index (χ0n) is 12.7. The molecule has 1 atom stereocenters. The molecule has 0 fully saturated rings. The van der Waals surface area contributed by atoms with Crippen LogP contribution in [-0.2, 0) is 5.54 Å². The SMILES string of the molecule is CNC(C#N)(COc1cc(C)cc(C)c1)c1ccccc1. The normalized spacial score (nSPS) is 13.2. The van der Waals surface area contributed by atoms with Crippen LogP contribution in [0.4, 0.5) is 0 Å². The summed E-state index contributed by atoms with van der Waals surface area (Å²) in [5.41, 5.74) is 2.35. The number of rotatable bonds is 5. The van der Waals surface area contributed by atoms with Gasteiger partial charge in [-0.05, 0) is 49.7 Å². The van der Waals surface area contributed by atoms with E-state index >= 15 is 0 Å². The lowest BCUT2D eigenvalue weighted by atomic mass is 9.92. The Morgan fingerprint density at radius 1 is 1.10 bits per heavy atom. The van der Waals surface area contributed by atoms with Crippen LogP contribution in [0, 0.1) is 25.2 Å². The van der Waals surface area contributed by atoms with Crippen molar-refractivity contribution in [1.82, 2.24) is 5.32 Å². The average molecular weight is 280 g/mol. The van der Waals surface area contributed by atoms with Crippen LogP contribution >= 0.6 is 0 Å². The van der Waals surface area contributed by atoms with Gasteiger partial charge in [0.1, 0.15) is 12.4 Å². The van der Waals surface area contributed by atoms with Crippen LogP contribution < -0.4 is 10.1 Å². The largest absolute Gasteiger partial charge is 0.490 e. The van der Waals surface area contributed by atoms with Crippen LogP contribution in [0.2, 0.25) is 0 Å². The first-order valence-electron chi connectivity index (χ1n) is 6.96. The number of nitrogens with one attached hydrogen (secondary N) is 1. The van der Waals surface area contributed by atoms with Gasteiger partial charge in [-0.1, -0.05) is 36.4 Å². The first-order valence-corrected chi connectivity index (χ1v) is 6.96. The van der Waals surface area contributed by atoms with Crippen molar-refractivity contribution in [3.8, 4) is 11.8 Å². The summed E-state index contributed by atoms with van der Waals surface area (Å²) in [6.45, 7) is 4.33. The molecule has 2 aromatic carbocycles. The van der Waals surface area contributed by atoms with Crippen LogP contribution in [0.3, 0.4) is 0 Å². The second-order valence-corrected chi connectivity index (χ2v) is 5.25. The van der Waals surface area contributed by atoms with Crippen molar-refractivity contribution in [3.05, 3.63) is 65.2 Å². The van der Waals surface area contributed by atoms with Gasteiger partial charge in [-0.15, -0.1) is 0 Å². The van der Waals surface area contributed by atoms with Crippen molar-refractivity contribution in [1.29, 1.82) is 5.26 Å². The first-order chi connectivity index (χ1) is 10.1. The number of benzene rings is 2. The Hall–Kier alpha value is -2.31. The molecule has 1 N–H and O–H groups in total. The molecule has 1 unspecified atom stereocenters. The molecule has 0 aliphatic heterocycles. The van der Waals surface area contributed by atoms with Gasteiger partial charge in [-0.25, -0.2) is 0 Å². The highest BCUT2D eigenvalue weighted by Gasteiger charge is 2.31. The Bertz CT molecular complexity index is 626. The fraction of sp³-hybridized carbons (Fsp3) is 0.278. The van der Waals surface area contributed by atoms with Crippen molar-refractivity contribution in [3.63, 3.8) is 0 Å². The van der Waals surface area contributed by atoms with E-state index in [1.165, 1.54) is 0 Å². The number of hydrogen-bond donors (Lipinski definition) is 1. The molecule has 3 nitrogen and oxygen atoms in total. The Kier molecular flexibility index (Phi) is 4.62. The van der Waals surface area contributed by atoms with Crippen LogP contribution in [0.25, 0.3) is 0 Å². The van der Waals surface area contributed by atoms with Crippen molar-refractivity contribution in [2.24, 2.45) is 0 Å². The van der Waals surface area contributed by atoms with E-state index in [0.29, 0.717) is 0 Å². The minimum absolute atomic E-state index is 0.257. The fourth-order valence-corrected chi connectivity index (χ4v) is 2.38. The van der Waals surface area contributed by atoms with Gasteiger partial charge < -0.3 is 4.74 Å². The fourth-order valence-electron chi connectivity index (χ4n) is 2.38. The molecule has 21 heavy (non-hydrogen) atoms. The maximum atomic E-state index is 9.62.